The van der Waals surface area contributed by atoms with Gasteiger partial charge in [0.15, 0.2) is 0 Å². The van der Waals surface area contributed by atoms with Crippen molar-refractivity contribution >= 4 is 5.78 Å². The van der Waals surface area contributed by atoms with Gasteiger partial charge < -0.3 is 5.11 Å². The second kappa shape index (κ2) is 4.51. The van der Waals surface area contributed by atoms with Crippen LogP contribution in [-0.2, 0) is 6.54 Å². The maximum Gasteiger partial charge on any atom is 0.274 e. The second-order valence-electron chi connectivity index (χ2n) is 4.56. The Hall–Kier alpha value is -1.73. The van der Waals surface area contributed by atoms with Crippen molar-refractivity contribution in [1.29, 1.82) is 0 Å². The summed E-state index contributed by atoms with van der Waals surface area (Å²) in [5, 5.41) is 12.0. The standard InChI is InChI=1S/C11H15N5O2/c17-6-9-2-1-3-15(9)5-8-4-10(18)16-11(14-8)12-7-13-16/h4,7,9,17H,1-3,5-6H2,(H,12,13,14). The molecule has 1 saturated heterocycles. The molecular formula is C11H15N5O2. The highest BCUT2D eigenvalue weighted by atomic mass is 16.3. The van der Waals surface area contributed by atoms with E-state index in [0.717, 1.165) is 19.4 Å². The molecule has 1 fully saturated rings. The molecule has 1 atom stereocenters. The summed E-state index contributed by atoms with van der Waals surface area (Å²) >= 11 is 0. The fourth-order valence-corrected chi connectivity index (χ4v) is 2.47. The molecule has 0 aliphatic carbocycles. The highest BCUT2D eigenvalue weighted by Crippen LogP contribution is 2.18. The predicted molar refractivity (Wildman–Crippen MR) is 64.1 cm³/mol. The zero-order valence-electron chi connectivity index (χ0n) is 9.91. The number of aromatic nitrogens is 4. The third-order valence-electron chi connectivity index (χ3n) is 3.40. The van der Waals surface area contributed by atoms with E-state index in [4.69, 9.17) is 0 Å². The van der Waals surface area contributed by atoms with Gasteiger partial charge in [0.2, 0.25) is 0 Å². The van der Waals surface area contributed by atoms with Gasteiger partial charge in [-0.2, -0.15) is 4.52 Å². The molecule has 7 heteroatoms. The lowest BCUT2D eigenvalue weighted by atomic mass is 10.2. The molecule has 3 heterocycles. The van der Waals surface area contributed by atoms with Crippen LogP contribution >= 0.6 is 0 Å². The van der Waals surface area contributed by atoms with Gasteiger partial charge in [0.1, 0.15) is 6.33 Å². The number of nitrogens with zero attached hydrogens (tertiary/aromatic N) is 4. The lowest BCUT2D eigenvalue weighted by molar-refractivity contribution is 0.152. The number of nitrogens with one attached hydrogen (secondary N) is 1. The van der Waals surface area contributed by atoms with Crippen LogP contribution in [0.4, 0.5) is 0 Å². The Morgan fingerprint density at radius 1 is 1.56 bits per heavy atom. The molecule has 1 aliphatic rings. The Morgan fingerprint density at radius 3 is 3.28 bits per heavy atom. The quantitative estimate of drug-likeness (QED) is 0.756. The number of rotatable bonds is 3. The number of fused-ring (bicyclic) bond motifs is 1. The first-order valence-electron chi connectivity index (χ1n) is 6.05. The van der Waals surface area contributed by atoms with Crippen molar-refractivity contribution in [1.82, 2.24) is 24.5 Å². The molecule has 1 unspecified atom stereocenters. The molecule has 7 nitrogen and oxygen atoms in total. The van der Waals surface area contributed by atoms with E-state index in [1.165, 1.54) is 16.9 Å². The normalized spacial score (nSPS) is 20.8. The van der Waals surface area contributed by atoms with Crippen molar-refractivity contribution in [3.63, 3.8) is 0 Å². The van der Waals surface area contributed by atoms with Crippen LogP contribution in [0.2, 0.25) is 0 Å². The van der Waals surface area contributed by atoms with Gasteiger partial charge in [0.25, 0.3) is 11.3 Å². The van der Waals surface area contributed by atoms with Gasteiger partial charge in [-0.1, -0.05) is 0 Å². The van der Waals surface area contributed by atoms with Crippen LogP contribution in [0.3, 0.4) is 0 Å². The molecule has 0 saturated carbocycles. The Morgan fingerprint density at radius 2 is 2.44 bits per heavy atom. The Balaban J connectivity index is 1.88. The van der Waals surface area contributed by atoms with E-state index in [0.29, 0.717) is 18.0 Å². The Bertz CT molecular complexity index is 605. The van der Waals surface area contributed by atoms with Crippen LogP contribution in [0.25, 0.3) is 5.78 Å². The third kappa shape index (κ3) is 1.91. The first kappa shape index (κ1) is 11.4. The largest absolute Gasteiger partial charge is 0.395 e. The highest BCUT2D eigenvalue weighted by molar-refractivity contribution is 5.26. The van der Waals surface area contributed by atoms with Crippen molar-refractivity contribution in [3.05, 3.63) is 28.4 Å². The molecular weight excluding hydrogens is 234 g/mol. The van der Waals surface area contributed by atoms with Crippen LogP contribution in [0.1, 0.15) is 18.5 Å². The summed E-state index contributed by atoms with van der Waals surface area (Å²) < 4.78 is 1.30. The van der Waals surface area contributed by atoms with Crippen molar-refractivity contribution < 1.29 is 5.11 Å². The minimum absolute atomic E-state index is 0.156. The zero-order chi connectivity index (χ0) is 12.5. The molecule has 0 spiro atoms. The molecule has 0 bridgehead atoms. The van der Waals surface area contributed by atoms with Crippen LogP contribution < -0.4 is 5.56 Å². The molecule has 3 rings (SSSR count). The summed E-state index contributed by atoms with van der Waals surface area (Å²) in [5.74, 6) is 0.386. The number of likely N-dealkylation sites (tertiary alicyclic amines) is 1. The average molecular weight is 249 g/mol. The molecule has 0 radical (unpaired) electrons. The highest BCUT2D eigenvalue weighted by Gasteiger charge is 2.24. The molecule has 18 heavy (non-hydrogen) atoms. The van der Waals surface area contributed by atoms with Crippen molar-refractivity contribution in [3.8, 4) is 0 Å². The smallest absolute Gasteiger partial charge is 0.274 e. The molecule has 0 aromatic carbocycles. The molecule has 2 aromatic rings. The zero-order valence-corrected chi connectivity index (χ0v) is 9.91. The lowest BCUT2D eigenvalue weighted by Gasteiger charge is -2.21. The van der Waals surface area contributed by atoms with Crippen molar-refractivity contribution in [2.75, 3.05) is 13.2 Å². The average Bonchev–Trinajstić information content (AvgIpc) is 2.97. The maximum absolute atomic E-state index is 11.8. The summed E-state index contributed by atoms with van der Waals surface area (Å²) in [7, 11) is 0. The summed E-state index contributed by atoms with van der Waals surface area (Å²) in [6.07, 6.45) is 3.52. The molecule has 2 N–H and O–H groups in total. The van der Waals surface area contributed by atoms with Gasteiger partial charge in [-0.3, -0.25) is 14.8 Å². The molecule has 0 amide bonds. The number of H-pyrrole nitrogens is 1. The number of hydrogen-bond donors (Lipinski definition) is 2. The number of aromatic amines is 1. The van der Waals surface area contributed by atoms with Crippen molar-refractivity contribution in [2.24, 2.45) is 0 Å². The Labute approximate surface area is 103 Å². The summed E-state index contributed by atoms with van der Waals surface area (Å²) in [6.45, 7) is 1.68. The molecule has 1 aliphatic heterocycles. The summed E-state index contributed by atoms with van der Waals surface area (Å²) in [4.78, 5) is 22.2. The van der Waals surface area contributed by atoms with Gasteiger partial charge in [-0.15, -0.1) is 0 Å². The van der Waals surface area contributed by atoms with E-state index in [1.807, 2.05) is 0 Å². The van der Waals surface area contributed by atoms with Crippen LogP contribution in [0.5, 0.6) is 0 Å². The molecule has 96 valence electrons. The van der Waals surface area contributed by atoms with E-state index >= 15 is 0 Å². The van der Waals surface area contributed by atoms with E-state index in [9.17, 15) is 9.90 Å². The topological polar surface area (TPSA) is 86.5 Å². The second-order valence-corrected chi connectivity index (χ2v) is 4.56. The van der Waals surface area contributed by atoms with Gasteiger partial charge in [0, 0.05) is 18.7 Å². The minimum atomic E-state index is -0.160. The monoisotopic (exact) mass is 249 g/mol. The maximum atomic E-state index is 11.8. The van der Waals surface area contributed by atoms with E-state index in [-0.39, 0.29) is 18.2 Å². The lowest BCUT2D eigenvalue weighted by Crippen LogP contribution is -2.32. The molecule has 2 aromatic heterocycles. The first-order chi connectivity index (χ1) is 8.78. The summed E-state index contributed by atoms with van der Waals surface area (Å²) in [5.41, 5.74) is 0.541. The van der Waals surface area contributed by atoms with E-state index in [2.05, 4.69) is 20.0 Å². The van der Waals surface area contributed by atoms with Gasteiger partial charge in [-0.25, -0.2) is 9.97 Å². The van der Waals surface area contributed by atoms with E-state index in [1.54, 1.807) is 0 Å². The predicted octanol–water partition coefficient (Wildman–Crippen LogP) is -0.626. The summed E-state index contributed by atoms with van der Waals surface area (Å²) in [6, 6.07) is 1.70. The van der Waals surface area contributed by atoms with Gasteiger partial charge in [-0.05, 0) is 19.4 Å². The first-order valence-corrected chi connectivity index (χ1v) is 6.05. The van der Waals surface area contributed by atoms with Gasteiger partial charge >= 0.3 is 0 Å². The fraction of sp³-hybridized carbons (Fsp3) is 0.545. The number of hydrogen-bond acceptors (Lipinski definition) is 5. The minimum Gasteiger partial charge on any atom is -0.395 e. The van der Waals surface area contributed by atoms with Gasteiger partial charge in [0.05, 0.1) is 12.3 Å². The SMILES string of the molecule is O=c1cc(CN2CCCC2CO)nc2nc[nH]n12. The third-order valence-corrected chi connectivity index (χ3v) is 3.40. The Kier molecular flexibility index (Phi) is 2.85. The van der Waals surface area contributed by atoms with E-state index < -0.39 is 0 Å². The van der Waals surface area contributed by atoms with Crippen LogP contribution in [0.15, 0.2) is 17.2 Å². The number of aliphatic hydroxyl groups is 1. The fourth-order valence-electron chi connectivity index (χ4n) is 2.47. The van der Waals surface area contributed by atoms with Crippen molar-refractivity contribution in [2.45, 2.75) is 25.4 Å². The number of aliphatic hydroxyl groups excluding tert-OH is 1. The van der Waals surface area contributed by atoms with Crippen LogP contribution in [0, 0.1) is 0 Å². The van der Waals surface area contributed by atoms with Crippen LogP contribution in [-0.4, -0.2) is 48.8 Å².